The van der Waals surface area contributed by atoms with E-state index in [1.807, 2.05) is 0 Å². The quantitative estimate of drug-likeness (QED) is 0.222. The van der Waals surface area contributed by atoms with Gasteiger partial charge in [0.1, 0.15) is 35.0 Å². The highest BCUT2D eigenvalue weighted by molar-refractivity contribution is 6.16. The van der Waals surface area contributed by atoms with E-state index < -0.39 is 28.9 Å². The summed E-state index contributed by atoms with van der Waals surface area (Å²) in [7, 11) is 0. The van der Waals surface area contributed by atoms with Gasteiger partial charge in [-0.15, -0.1) is 0 Å². The van der Waals surface area contributed by atoms with E-state index in [4.69, 9.17) is 15.3 Å². The van der Waals surface area contributed by atoms with Gasteiger partial charge in [-0.1, -0.05) is 5.16 Å². The molecule has 4 rings (SSSR count). The smallest absolute Gasteiger partial charge is 0.240 e. The second-order valence-corrected chi connectivity index (χ2v) is 8.61. The number of ether oxygens (including phenoxy) is 1. The number of nitrogens with one attached hydrogen (secondary N) is 2. The van der Waals surface area contributed by atoms with E-state index in [1.165, 1.54) is 42.6 Å². The van der Waals surface area contributed by atoms with E-state index in [1.54, 1.807) is 13.8 Å². The predicted molar refractivity (Wildman–Crippen MR) is 132 cm³/mol. The van der Waals surface area contributed by atoms with Crippen LogP contribution in [-0.4, -0.2) is 34.1 Å². The lowest BCUT2D eigenvalue weighted by molar-refractivity contribution is -0.131. The van der Waals surface area contributed by atoms with Crippen molar-refractivity contribution in [2.24, 2.45) is 10.6 Å². The average molecular weight is 511 g/mol. The molecule has 0 bridgehead atoms. The maximum Gasteiger partial charge on any atom is 0.240 e. The first-order chi connectivity index (χ1) is 17.7. The summed E-state index contributed by atoms with van der Waals surface area (Å²) in [5, 5.41) is 8.98. The predicted octanol–water partition coefficient (Wildman–Crippen LogP) is 4.25. The van der Waals surface area contributed by atoms with Crippen molar-refractivity contribution in [3.8, 4) is 11.6 Å². The minimum Gasteiger partial charge on any atom is -0.435 e. The number of halogens is 2. The molecule has 0 radical (unpaired) electrons. The van der Waals surface area contributed by atoms with Crippen LogP contribution >= 0.6 is 0 Å². The van der Waals surface area contributed by atoms with Crippen LogP contribution < -0.4 is 21.1 Å². The molecule has 3 aromatic rings. The summed E-state index contributed by atoms with van der Waals surface area (Å²) in [5.74, 6) is -2.52. The van der Waals surface area contributed by atoms with Crippen LogP contribution in [0.5, 0.6) is 11.6 Å². The van der Waals surface area contributed by atoms with Gasteiger partial charge in [-0.3, -0.25) is 9.59 Å². The van der Waals surface area contributed by atoms with Crippen molar-refractivity contribution in [1.82, 2.24) is 9.97 Å². The van der Waals surface area contributed by atoms with Crippen LogP contribution in [0.2, 0.25) is 0 Å². The molecule has 37 heavy (non-hydrogen) atoms. The molecule has 1 fully saturated rings. The molecule has 0 saturated heterocycles. The zero-order valence-corrected chi connectivity index (χ0v) is 20.0. The Kier molecular flexibility index (Phi) is 7.27. The zero-order chi connectivity index (χ0) is 26.6. The minimum absolute atomic E-state index is 0.0475. The molecular formula is C25H24F2N6O4. The molecule has 1 saturated carbocycles. The number of carbonyl (C=O) groups is 2. The molecule has 0 aliphatic heterocycles. The summed E-state index contributed by atoms with van der Waals surface area (Å²) >= 11 is 0. The van der Waals surface area contributed by atoms with Crippen molar-refractivity contribution >= 4 is 35.2 Å². The molecule has 2 aromatic carbocycles. The van der Waals surface area contributed by atoms with Gasteiger partial charge in [0.05, 0.1) is 6.21 Å². The Morgan fingerprint density at radius 3 is 2.32 bits per heavy atom. The number of benzene rings is 2. The molecule has 1 aromatic heterocycles. The second-order valence-electron chi connectivity index (χ2n) is 8.61. The molecule has 12 heteroatoms. The number of hydrogen-bond donors (Lipinski definition) is 3. The van der Waals surface area contributed by atoms with Crippen molar-refractivity contribution in [3.63, 3.8) is 0 Å². The fraction of sp³-hybridized carbons (Fsp3) is 0.240. The third-order valence-electron chi connectivity index (χ3n) is 5.45. The van der Waals surface area contributed by atoms with E-state index in [0.717, 1.165) is 12.4 Å². The summed E-state index contributed by atoms with van der Waals surface area (Å²) in [5.41, 5.74) is 5.27. The van der Waals surface area contributed by atoms with Crippen molar-refractivity contribution in [1.29, 1.82) is 0 Å². The van der Waals surface area contributed by atoms with Gasteiger partial charge in [-0.2, -0.15) is 0 Å². The molecule has 0 unspecified atom stereocenters. The first-order valence-corrected chi connectivity index (χ1v) is 11.3. The van der Waals surface area contributed by atoms with Gasteiger partial charge in [0.25, 0.3) is 0 Å². The van der Waals surface area contributed by atoms with Gasteiger partial charge in [-0.25, -0.2) is 18.7 Å². The number of hydrogen-bond acceptors (Lipinski definition) is 8. The maximum absolute atomic E-state index is 14.8. The Morgan fingerprint density at radius 1 is 1.05 bits per heavy atom. The van der Waals surface area contributed by atoms with E-state index in [2.05, 4.69) is 25.8 Å². The van der Waals surface area contributed by atoms with Crippen LogP contribution in [0.15, 0.2) is 53.9 Å². The largest absolute Gasteiger partial charge is 0.435 e. The monoisotopic (exact) mass is 510 g/mol. The molecular weight excluding hydrogens is 486 g/mol. The van der Waals surface area contributed by atoms with Gasteiger partial charge in [0, 0.05) is 17.4 Å². The van der Waals surface area contributed by atoms with Crippen LogP contribution in [0.25, 0.3) is 0 Å². The van der Waals surface area contributed by atoms with E-state index in [9.17, 15) is 18.4 Å². The number of nitrogens with zero attached hydrogens (tertiary/aromatic N) is 3. The molecule has 1 aliphatic rings. The number of anilines is 3. The Labute approximate surface area is 210 Å². The van der Waals surface area contributed by atoms with Crippen LogP contribution in [0.1, 0.15) is 32.3 Å². The fourth-order valence-corrected chi connectivity index (χ4v) is 3.28. The molecule has 0 spiro atoms. The van der Waals surface area contributed by atoms with E-state index in [0.29, 0.717) is 18.5 Å². The topological polar surface area (TPSA) is 141 Å². The molecule has 4 N–H and O–H groups in total. The lowest BCUT2D eigenvalue weighted by atomic mass is 10.0. The van der Waals surface area contributed by atoms with Gasteiger partial charge >= 0.3 is 0 Å². The van der Waals surface area contributed by atoms with Crippen molar-refractivity contribution in [3.05, 3.63) is 66.0 Å². The van der Waals surface area contributed by atoms with Gasteiger partial charge in [0.15, 0.2) is 11.6 Å². The van der Waals surface area contributed by atoms with Crippen LogP contribution in [0.3, 0.4) is 0 Å². The number of amides is 2. The second kappa shape index (κ2) is 10.6. The standard InChI is InChI=1S/C25H24F2N6O4/c1-14(2)37-31-12-18-21(28)29-13-30-22(18)36-20-8-7-17(11-19(20)27)33-24(35)25(9-10-25)23(34)32-16-5-3-15(26)4-6-16/h3-8,11-14H,9-10H2,1-2H3,(H,32,34)(H,33,35)(H2,28,29,30)/b31-12+. The maximum atomic E-state index is 14.8. The van der Waals surface area contributed by atoms with Gasteiger partial charge in [-0.05, 0) is 63.1 Å². The minimum atomic E-state index is -1.29. The third-order valence-corrected chi connectivity index (χ3v) is 5.45. The fourth-order valence-electron chi connectivity index (χ4n) is 3.28. The Hall–Kier alpha value is -4.61. The zero-order valence-electron chi connectivity index (χ0n) is 20.0. The number of nitrogens with two attached hydrogens (primary N) is 1. The summed E-state index contributed by atoms with van der Waals surface area (Å²) < 4.78 is 33.5. The first-order valence-electron chi connectivity index (χ1n) is 11.3. The molecule has 1 heterocycles. The number of aromatic nitrogens is 2. The summed E-state index contributed by atoms with van der Waals surface area (Å²) in [6.07, 6.45) is 2.91. The Bertz CT molecular complexity index is 1340. The lowest BCUT2D eigenvalue weighted by Gasteiger charge is -2.16. The molecule has 2 amide bonds. The lowest BCUT2D eigenvalue weighted by Crippen LogP contribution is -2.35. The van der Waals surface area contributed by atoms with Gasteiger partial charge < -0.3 is 25.9 Å². The number of nitrogen functional groups attached to an aromatic ring is 1. The van der Waals surface area contributed by atoms with Crippen molar-refractivity contribution in [2.75, 3.05) is 16.4 Å². The van der Waals surface area contributed by atoms with E-state index in [-0.39, 0.29) is 34.8 Å². The normalized spacial score (nSPS) is 13.9. The molecule has 192 valence electrons. The summed E-state index contributed by atoms with van der Waals surface area (Å²) in [6.45, 7) is 3.58. The molecule has 10 nitrogen and oxygen atoms in total. The van der Waals surface area contributed by atoms with Crippen molar-refractivity contribution < 1.29 is 27.9 Å². The summed E-state index contributed by atoms with van der Waals surface area (Å²) in [6, 6.07) is 8.97. The van der Waals surface area contributed by atoms with Gasteiger partial charge in [0.2, 0.25) is 17.7 Å². The highest BCUT2D eigenvalue weighted by Gasteiger charge is 2.56. The highest BCUT2D eigenvalue weighted by atomic mass is 19.1. The third kappa shape index (κ3) is 5.97. The number of carbonyl (C=O) groups excluding carboxylic acids is 2. The summed E-state index contributed by atoms with van der Waals surface area (Å²) in [4.78, 5) is 38.5. The van der Waals surface area contributed by atoms with Crippen LogP contribution in [-0.2, 0) is 14.4 Å². The SMILES string of the molecule is CC(C)O/N=C/c1c(N)ncnc1Oc1ccc(NC(=O)C2(C(=O)Nc3ccc(F)cc3)CC2)cc1F. The number of rotatable bonds is 9. The molecule has 0 atom stereocenters. The highest BCUT2D eigenvalue weighted by Crippen LogP contribution is 2.47. The van der Waals surface area contributed by atoms with Crippen LogP contribution in [0.4, 0.5) is 26.0 Å². The first kappa shape index (κ1) is 25.5. The van der Waals surface area contributed by atoms with E-state index >= 15 is 0 Å². The molecule has 1 aliphatic carbocycles. The Morgan fingerprint density at radius 2 is 1.70 bits per heavy atom. The number of oxime groups is 1. The van der Waals surface area contributed by atoms with Crippen LogP contribution in [0, 0.1) is 17.0 Å². The average Bonchev–Trinajstić information content (AvgIpc) is 3.66. The van der Waals surface area contributed by atoms with Crippen molar-refractivity contribution in [2.45, 2.75) is 32.8 Å². The Balaban J connectivity index is 1.44.